The van der Waals surface area contributed by atoms with Crippen LogP contribution in [-0.4, -0.2) is 23.5 Å². The van der Waals surface area contributed by atoms with Gasteiger partial charge in [0.25, 0.3) is 6.08 Å². The van der Waals surface area contributed by atoms with Crippen molar-refractivity contribution in [2.24, 2.45) is 11.0 Å². The maximum Gasteiger partial charge on any atom is 0.258 e. The fourth-order valence-electron chi connectivity index (χ4n) is 1.05. The predicted molar refractivity (Wildman–Crippen MR) is 38.1 cm³/mol. The van der Waals surface area contributed by atoms with Crippen molar-refractivity contribution in [3.05, 3.63) is 12.7 Å². The highest BCUT2D eigenvalue weighted by molar-refractivity contribution is 5.82. The van der Waals surface area contributed by atoms with Crippen LogP contribution in [0.5, 0.6) is 0 Å². The van der Waals surface area contributed by atoms with Crippen LogP contribution in [0.25, 0.3) is 0 Å². The van der Waals surface area contributed by atoms with Crippen molar-refractivity contribution < 1.29 is 9.59 Å². The quantitative estimate of drug-likeness (QED) is 0.324. The minimum Gasteiger partial charge on any atom is -0.272 e. The van der Waals surface area contributed by atoms with E-state index in [1.54, 1.807) is 6.08 Å². The molecule has 1 atom stereocenters. The Hall–Kier alpha value is -1.41. The third kappa shape index (κ3) is 1.36. The normalized spacial score (nSPS) is 23.1. The Bertz CT molecular complexity index is 231. The first-order valence-electron chi connectivity index (χ1n) is 3.31. The molecule has 1 fully saturated rings. The summed E-state index contributed by atoms with van der Waals surface area (Å²) in [4.78, 5) is 20.9. The Labute approximate surface area is 64.2 Å². The summed E-state index contributed by atoms with van der Waals surface area (Å²) in [5.41, 5.74) is 0. The zero-order valence-electron chi connectivity index (χ0n) is 5.99. The maximum absolute atomic E-state index is 11.1. The van der Waals surface area contributed by atoms with Crippen LogP contribution in [0.3, 0.4) is 0 Å². The molecule has 1 aliphatic heterocycles. The SMILES string of the molecule is C=CC1CCN(N=C=O)C1=O. The van der Waals surface area contributed by atoms with Gasteiger partial charge in [0.05, 0.1) is 5.92 Å². The molecule has 0 saturated carbocycles. The molecule has 0 bridgehead atoms. The molecular formula is C7H8N2O2. The second-order valence-electron chi connectivity index (χ2n) is 2.28. The van der Waals surface area contributed by atoms with Gasteiger partial charge in [0.15, 0.2) is 0 Å². The third-order valence-electron chi connectivity index (χ3n) is 1.67. The van der Waals surface area contributed by atoms with Crippen molar-refractivity contribution in [3.63, 3.8) is 0 Å². The first-order chi connectivity index (χ1) is 5.29. The predicted octanol–water partition coefficient (Wildman–Crippen LogP) is 0.272. The number of amides is 1. The molecule has 0 radical (unpaired) electrons. The summed E-state index contributed by atoms with van der Waals surface area (Å²) in [6.07, 6.45) is 3.59. The summed E-state index contributed by atoms with van der Waals surface area (Å²) < 4.78 is 0. The number of hydrogen-bond donors (Lipinski definition) is 0. The molecule has 1 unspecified atom stereocenters. The minimum atomic E-state index is -0.174. The largest absolute Gasteiger partial charge is 0.272 e. The Morgan fingerprint density at radius 2 is 2.55 bits per heavy atom. The van der Waals surface area contributed by atoms with E-state index in [9.17, 15) is 9.59 Å². The van der Waals surface area contributed by atoms with E-state index in [2.05, 4.69) is 11.7 Å². The molecule has 0 aromatic rings. The molecule has 1 aliphatic rings. The van der Waals surface area contributed by atoms with Crippen LogP contribution in [0.1, 0.15) is 6.42 Å². The van der Waals surface area contributed by atoms with Gasteiger partial charge in [-0.05, 0) is 6.42 Å². The molecule has 0 N–H and O–H groups in total. The lowest BCUT2D eigenvalue weighted by molar-refractivity contribution is -0.129. The second kappa shape index (κ2) is 3.12. The first kappa shape index (κ1) is 7.69. The van der Waals surface area contributed by atoms with Crippen LogP contribution in [0, 0.1) is 5.92 Å². The lowest BCUT2D eigenvalue weighted by Gasteiger charge is -2.03. The first-order valence-corrected chi connectivity index (χ1v) is 3.31. The molecule has 58 valence electrons. The van der Waals surface area contributed by atoms with Crippen molar-refractivity contribution in [1.82, 2.24) is 5.01 Å². The summed E-state index contributed by atoms with van der Waals surface area (Å²) >= 11 is 0. The molecule has 1 amide bonds. The van der Waals surface area contributed by atoms with Crippen LogP contribution < -0.4 is 0 Å². The van der Waals surface area contributed by atoms with Crippen LogP contribution in [0.4, 0.5) is 0 Å². The van der Waals surface area contributed by atoms with E-state index in [-0.39, 0.29) is 11.8 Å². The van der Waals surface area contributed by atoms with Gasteiger partial charge in [-0.25, -0.2) is 9.80 Å². The molecule has 0 spiro atoms. The van der Waals surface area contributed by atoms with Gasteiger partial charge in [0.2, 0.25) is 5.91 Å². The number of hydrazone groups is 1. The highest BCUT2D eigenvalue weighted by Crippen LogP contribution is 2.18. The molecule has 11 heavy (non-hydrogen) atoms. The molecule has 0 aromatic heterocycles. The van der Waals surface area contributed by atoms with Crippen molar-refractivity contribution in [2.45, 2.75) is 6.42 Å². The fraction of sp³-hybridized carbons (Fsp3) is 0.429. The van der Waals surface area contributed by atoms with Gasteiger partial charge in [-0.3, -0.25) is 4.79 Å². The van der Waals surface area contributed by atoms with E-state index < -0.39 is 0 Å². The third-order valence-corrected chi connectivity index (χ3v) is 1.67. The van der Waals surface area contributed by atoms with Crippen molar-refractivity contribution in [3.8, 4) is 0 Å². The molecular weight excluding hydrogens is 144 g/mol. The Morgan fingerprint density at radius 3 is 3.00 bits per heavy atom. The van der Waals surface area contributed by atoms with Crippen LogP contribution in [-0.2, 0) is 9.59 Å². The average Bonchev–Trinajstić information content (AvgIpc) is 2.34. The Morgan fingerprint density at radius 1 is 1.82 bits per heavy atom. The molecule has 1 rings (SSSR count). The number of isocyanates is 1. The summed E-state index contributed by atoms with van der Waals surface area (Å²) in [6.45, 7) is 3.99. The summed E-state index contributed by atoms with van der Waals surface area (Å²) in [5.74, 6) is -0.338. The number of nitrogens with zero attached hydrogens (tertiary/aromatic N) is 2. The number of rotatable bonds is 2. The highest BCUT2D eigenvalue weighted by atomic mass is 16.2. The zero-order valence-corrected chi connectivity index (χ0v) is 5.99. The van der Waals surface area contributed by atoms with E-state index in [0.29, 0.717) is 13.0 Å². The smallest absolute Gasteiger partial charge is 0.258 e. The number of carbonyl (C=O) groups excluding carboxylic acids is 2. The van der Waals surface area contributed by atoms with E-state index >= 15 is 0 Å². The standard InChI is InChI=1S/C7H8N2O2/c1-2-6-3-4-9(7(6)11)8-5-10/h2,6H,1,3-4H2. The van der Waals surface area contributed by atoms with Crippen molar-refractivity contribution >= 4 is 12.0 Å². The van der Waals surface area contributed by atoms with E-state index in [4.69, 9.17) is 0 Å². The number of carbonyl (C=O) groups is 1. The maximum atomic E-state index is 11.1. The topological polar surface area (TPSA) is 49.7 Å². The summed E-state index contributed by atoms with van der Waals surface area (Å²) in [5, 5.41) is 4.36. The highest BCUT2D eigenvalue weighted by Gasteiger charge is 2.29. The van der Waals surface area contributed by atoms with Gasteiger partial charge in [-0.1, -0.05) is 11.2 Å². The molecule has 0 aromatic carbocycles. The molecule has 4 heteroatoms. The van der Waals surface area contributed by atoms with Gasteiger partial charge >= 0.3 is 0 Å². The summed E-state index contributed by atoms with van der Waals surface area (Å²) in [6, 6.07) is 0. The van der Waals surface area contributed by atoms with Crippen LogP contribution in [0.2, 0.25) is 0 Å². The minimum absolute atomic E-state index is 0.164. The number of hydrogen-bond acceptors (Lipinski definition) is 3. The van der Waals surface area contributed by atoms with Gasteiger partial charge in [-0.15, -0.1) is 6.58 Å². The van der Waals surface area contributed by atoms with Crippen molar-refractivity contribution in [2.75, 3.05) is 6.54 Å². The lowest BCUT2D eigenvalue weighted by atomic mass is 10.1. The molecule has 0 aliphatic carbocycles. The monoisotopic (exact) mass is 152 g/mol. The lowest BCUT2D eigenvalue weighted by Crippen LogP contribution is -2.20. The molecule has 1 heterocycles. The Kier molecular flexibility index (Phi) is 2.18. The second-order valence-corrected chi connectivity index (χ2v) is 2.28. The van der Waals surface area contributed by atoms with Gasteiger partial charge in [-0.2, -0.15) is 0 Å². The molecule has 1 saturated heterocycles. The van der Waals surface area contributed by atoms with Crippen LogP contribution in [0.15, 0.2) is 17.8 Å². The van der Waals surface area contributed by atoms with E-state index in [1.807, 2.05) is 0 Å². The summed E-state index contributed by atoms with van der Waals surface area (Å²) in [7, 11) is 0. The fourth-order valence-corrected chi connectivity index (χ4v) is 1.05. The Balaban J connectivity index is 2.69. The van der Waals surface area contributed by atoms with Crippen molar-refractivity contribution in [1.29, 1.82) is 0 Å². The van der Waals surface area contributed by atoms with E-state index in [1.165, 1.54) is 6.08 Å². The van der Waals surface area contributed by atoms with Gasteiger partial charge < -0.3 is 0 Å². The van der Waals surface area contributed by atoms with E-state index in [0.717, 1.165) is 5.01 Å². The van der Waals surface area contributed by atoms with Crippen LogP contribution >= 0.6 is 0 Å². The van der Waals surface area contributed by atoms with Gasteiger partial charge in [0, 0.05) is 6.54 Å². The zero-order chi connectivity index (χ0) is 8.27. The average molecular weight is 152 g/mol. The van der Waals surface area contributed by atoms with Gasteiger partial charge in [0.1, 0.15) is 0 Å². The molecule has 4 nitrogen and oxygen atoms in total.